The van der Waals surface area contributed by atoms with Crippen molar-refractivity contribution in [2.45, 2.75) is 68.4 Å². The van der Waals surface area contributed by atoms with Crippen molar-refractivity contribution in [2.24, 2.45) is 5.16 Å². The molecule has 4 rings (SSSR count). The van der Waals surface area contributed by atoms with Crippen LogP contribution in [0.2, 0.25) is 0 Å². The highest BCUT2D eigenvalue weighted by Gasteiger charge is 2.51. The van der Waals surface area contributed by atoms with Gasteiger partial charge in [-0.05, 0) is 57.9 Å². The quantitative estimate of drug-likeness (QED) is 0.0404. The maximum absolute atomic E-state index is 12.6. The molecule has 0 unspecified atom stereocenters. The van der Waals surface area contributed by atoms with Crippen LogP contribution in [0.5, 0.6) is 11.5 Å². The zero-order valence-electron chi connectivity index (χ0n) is 30.9. The standard InChI is InChI=1S/C17H27NO3.C13H17N5O8S2.C2HCl3O2/c1-2-3-12-20-16-5-7-17(8-6-16)21-13-4-9-18-10-14-19-15-11-18;1-5-7(10(20)18(5)28(23,24)25)16-9(19)8(6-4-27-12(14)15-6)17-26-13(2,3)11(21)22;3-2(4,5)1(6)7/h5-8H,2-4,9-15H2,1H3;4-5,7H,1-3H3,(H2,14,15)(H,16,19)(H,21,22)(H,23,24,25);(H,6,7)/b;17-8-;/t;5-,7-;/m.0./s1. The molecule has 19 nitrogen and oxygen atoms in total. The number of aliphatic carboxylic acids is 2. The van der Waals surface area contributed by atoms with E-state index in [2.05, 4.69) is 27.3 Å². The summed E-state index contributed by atoms with van der Waals surface area (Å²) in [5.41, 5.74) is 3.26. The lowest BCUT2D eigenvalue weighted by atomic mass is 10.0. The Morgan fingerprint density at radius 2 is 1.59 bits per heavy atom. The van der Waals surface area contributed by atoms with Crippen LogP contribution < -0.4 is 20.5 Å². The van der Waals surface area contributed by atoms with Crippen LogP contribution in [0.25, 0.3) is 0 Å². The maximum atomic E-state index is 12.6. The second-order valence-corrected chi connectivity index (χ2v) is 16.8. The largest absolute Gasteiger partial charge is 0.494 e. The van der Waals surface area contributed by atoms with Crippen LogP contribution >= 0.6 is 46.1 Å². The zero-order chi connectivity index (χ0) is 42.3. The van der Waals surface area contributed by atoms with Crippen molar-refractivity contribution in [1.29, 1.82) is 0 Å². The van der Waals surface area contributed by atoms with E-state index in [0.29, 0.717) is 0 Å². The van der Waals surface area contributed by atoms with E-state index >= 15 is 0 Å². The molecule has 0 saturated carbocycles. The molecule has 1 aromatic heterocycles. The number of alkyl halides is 3. The van der Waals surface area contributed by atoms with Crippen molar-refractivity contribution in [3.63, 3.8) is 0 Å². The molecule has 2 aliphatic heterocycles. The van der Waals surface area contributed by atoms with Crippen molar-refractivity contribution < 1.29 is 61.4 Å². The number of carboxylic acids is 2. The number of hydrogen-bond acceptors (Lipinski definition) is 15. The molecule has 0 spiro atoms. The van der Waals surface area contributed by atoms with Gasteiger partial charge in [-0.2, -0.15) is 8.42 Å². The lowest BCUT2D eigenvalue weighted by molar-refractivity contribution is -0.161. The number of thiazole rings is 1. The number of hydrogen-bond donors (Lipinski definition) is 5. The number of carbonyl (C=O) groups excluding carboxylic acids is 2. The molecule has 56 heavy (non-hydrogen) atoms. The number of aromatic nitrogens is 1. The number of unbranched alkanes of at least 4 members (excludes halogenated alkanes) is 1. The first-order chi connectivity index (χ1) is 26.1. The molecule has 2 aliphatic rings. The van der Waals surface area contributed by atoms with Crippen molar-refractivity contribution in [3.05, 3.63) is 35.3 Å². The molecule has 1 aromatic carbocycles. The smallest absolute Gasteiger partial charge is 0.362 e. The van der Waals surface area contributed by atoms with Crippen LogP contribution in [0, 0.1) is 0 Å². The van der Waals surface area contributed by atoms with Crippen LogP contribution in [0.3, 0.4) is 0 Å². The van der Waals surface area contributed by atoms with Crippen LogP contribution in [0.15, 0.2) is 34.8 Å². The maximum Gasteiger partial charge on any atom is 0.362 e. The first-order valence-electron chi connectivity index (χ1n) is 16.9. The third-order valence-electron chi connectivity index (χ3n) is 7.55. The number of nitrogens with two attached hydrogens (primary N) is 1. The van der Waals surface area contributed by atoms with Crippen LogP contribution in [-0.2, 0) is 39.1 Å². The highest BCUT2D eigenvalue weighted by Crippen LogP contribution is 2.26. The summed E-state index contributed by atoms with van der Waals surface area (Å²) in [5, 5.41) is 24.2. The highest BCUT2D eigenvalue weighted by atomic mass is 35.6. The number of nitrogen functional groups attached to an aromatic ring is 1. The molecule has 2 aromatic rings. The highest BCUT2D eigenvalue weighted by molar-refractivity contribution is 7.84. The first-order valence-corrected chi connectivity index (χ1v) is 20.3. The van der Waals surface area contributed by atoms with Crippen molar-refractivity contribution in [2.75, 3.05) is 51.8 Å². The number of benzene rings is 1. The number of carboxylic acid groups (broad SMARTS) is 2. The SMILES string of the molecule is CCCCOc1ccc(OCCCN2CCOCC2)cc1.C[C@H]1[C@H](NC(=O)/C(=N\OC(C)(C)C(=O)O)c2csc(N)n2)C(=O)N1S(=O)(=O)O.O=C(O)C(Cl)(Cl)Cl. The molecule has 2 atom stereocenters. The number of oxime groups is 1. The second-order valence-electron chi connectivity index (χ2n) is 12.4. The van der Waals surface area contributed by atoms with E-state index in [0.717, 1.165) is 88.2 Å². The molecule has 2 saturated heterocycles. The summed E-state index contributed by atoms with van der Waals surface area (Å²) in [6, 6.07) is 5.61. The van der Waals surface area contributed by atoms with Crippen molar-refractivity contribution >= 4 is 91.0 Å². The second kappa shape index (κ2) is 22.3. The molecular formula is C32H45Cl3N6O13S2. The number of halogens is 3. The van der Waals surface area contributed by atoms with Crippen LogP contribution in [0.1, 0.15) is 52.7 Å². The Kier molecular flexibility index (Phi) is 19.3. The Morgan fingerprint density at radius 3 is 2.02 bits per heavy atom. The predicted molar refractivity (Wildman–Crippen MR) is 208 cm³/mol. The van der Waals surface area contributed by atoms with E-state index in [9.17, 15) is 27.6 Å². The Hall–Kier alpha value is -3.70. The number of morpholine rings is 1. The lowest BCUT2D eigenvalue weighted by Crippen LogP contribution is -2.71. The van der Waals surface area contributed by atoms with Crippen LogP contribution in [-0.4, -0.2) is 134 Å². The number of ether oxygens (including phenoxy) is 3. The van der Waals surface area contributed by atoms with Gasteiger partial charge in [0.2, 0.25) is 5.60 Å². The van der Waals surface area contributed by atoms with Gasteiger partial charge in [0.25, 0.3) is 15.6 Å². The third kappa shape index (κ3) is 16.0. The van der Waals surface area contributed by atoms with Gasteiger partial charge in [-0.15, -0.1) is 11.3 Å². The topological polar surface area (TPSA) is 270 Å². The normalized spacial score (nSPS) is 17.6. The summed E-state index contributed by atoms with van der Waals surface area (Å²) in [5.74, 6) is -3.00. The van der Waals surface area contributed by atoms with Gasteiger partial charge in [-0.3, -0.25) is 19.0 Å². The summed E-state index contributed by atoms with van der Waals surface area (Å²) < 4.78 is 46.0. The number of nitrogens with zero attached hydrogens (tertiary/aromatic N) is 4. The molecule has 24 heteroatoms. The number of carbonyl (C=O) groups is 4. The van der Waals surface area contributed by atoms with Crippen LogP contribution in [0.4, 0.5) is 5.13 Å². The minimum Gasteiger partial charge on any atom is -0.494 e. The van der Waals surface area contributed by atoms with Gasteiger partial charge in [0, 0.05) is 25.0 Å². The average Bonchev–Trinajstić information content (AvgIpc) is 3.55. The van der Waals surface area contributed by atoms with Gasteiger partial charge in [-0.25, -0.2) is 18.9 Å². The Labute approximate surface area is 342 Å². The minimum atomic E-state index is -4.76. The number of amides is 2. The van der Waals surface area contributed by atoms with Crippen molar-refractivity contribution in [1.82, 2.24) is 19.5 Å². The summed E-state index contributed by atoms with van der Waals surface area (Å²) in [4.78, 5) is 56.5. The molecule has 0 aliphatic carbocycles. The predicted octanol–water partition coefficient (Wildman–Crippen LogP) is 3.24. The summed E-state index contributed by atoms with van der Waals surface area (Å²) in [7, 11) is -4.76. The lowest BCUT2D eigenvalue weighted by Gasteiger charge is -2.42. The molecule has 3 heterocycles. The molecule has 6 N–H and O–H groups in total. The minimum absolute atomic E-state index is 0.0350. The molecular weight excluding hydrogens is 847 g/mol. The van der Waals surface area contributed by atoms with E-state index in [1.54, 1.807) is 0 Å². The number of anilines is 1. The fraction of sp³-hybridized carbons (Fsp3) is 0.562. The van der Waals surface area contributed by atoms with Gasteiger partial charge in [0.1, 0.15) is 23.2 Å². The van der Waals surface area contributed by atoms with E-state index in [-0.39, 0.29) is 15.1 Å². The third-order valence-corrected chi connectivity index (χ3v) is 9.72. The summed E-state index contributed by atoms with van der Waals surface area (Å²) in [6.45, 7) is 12.3. The van der Waals surface area contributed by atoms with Gasteiger partial charge in [0.15, 0.2) is 10.8 Å². The molecule has 0 bridgehead atoms. The van der Waals surface area contributed by atoms with Gasteiger partial charge >= 0.3 is 22.2 Å². The molecule has 314 valence electrons. The molecule has 2 fully saturated rings. The van der Waals surface area contributed by atoms with Crippen molar-refractivity contribution in [3.8, 4) is 11.5 Å². The van der Waals surface area contributed by atoms with Gasteiger partial charge in [0.05, 0.1) is 32.5 Å². The summed E-state index contributed by atoms with van der Waals surface area (Å²) in [6.07, 6.45) is 3.30. The molecule has 2 amide bonds. The first kappa shape index (κ1) is 48.4. The van der Waals surface area contributed by atoms with Gasteiger partial charge < -0.3 is 40.3 Å². The fourth-order valence-electron chi connectivity index (χ4n) is 4.38. The van der Waals surface area contributed by atoms with E-state index < -0.39 is 61.2 Å². The van der Waals surface area contributed by atoms with E-state index in [1.165, 1.54) is 26.2 Å². The number of nitrogens with one attached hydrogen (secondary N) is 1. The summed E-state index contributed by atoms with van der Waals surface area (Å²) >= 11 is 15.4. The average molecular weight is 892 g/mol. The fourth-order valence-corrected chi connectivity index (χ4v) is 5.81. The van der Waals surface area contributed by atoms with E-state index in [4.69, 9.17) is 74.4 Å². The van der Waals surface area contributed by atoms with E-state index in [1.807, 2.05) is 24.3 Å². The Balaban J connectivity index is 0.000000339. The Morgan fingerprint density at radius 1 is 1.05 bits per heavy atom. The van der Waals surface area contributed by atoms with Gasteiger partial charge in [-0.1, -0.05) is 53.3 Å². The molecule has 0 radical (unpaired) electrons. The Bertz CT molecular complexity index is 1750. The number of β-lactam (4-membered cyclic amide) rings is 1. The monoisotopic (exact) mass is 890 g/mol. The number of rotatable bonds is 16. The zero-order valence-corrected chi connectivity index (χ0v) is 34.8.